The predicted octanol–water partition coefficient (Wildman–Crippen LogP) is 2.04. The molecule has 0 atom stereocenters. The van der Waals surface area contributed by atoms with Crippen LogP contribution in [0.5, 0.6) is 0 Å². The first-order valence-corrected chi connectivity index (χ1v) is 9.75. The van der Waals surface area contributed by atoms with Crippen LogP contribution >= 0.6 is 0 Å². The fourth-order valence-corrected chi connectivity index (χ4v) is 3.52. The van der Waals surface area contributed by atoms with Crippen LogP contribution in [0.4, 0.5) is 10.5 Å². The molecule has 2 aromatic rings. The Kier molecular flexibility index (Phi) is 5.06. The highest BCUT2D eigenvalue weighted by molar-refractivity contribution is 7.89. The summed E-state index contributed by atoms with van der Waals surface area (Å²) >= 11 is 0. The molecule has 1 aliphatic rings. The number of nitrogens with one attached hydrogen (secondary N) is 1. The minimum atomic E-state index is -3.67. The second-order valence-corrected chi connectivity index (χ2v) is 7.62. The van der Waals surface area contributed by atoms with Gasteiger partial charge in [0, 0.05) is 18.8 Å². The van der Waals surface area contributed by atoms with Crippen LogP contribution in [-0.4, -0.2) is 27.5 Å². The highest BCUT2D eigenvalue weighted by atomic mass is 32.2. The fourth-order valence-electron chi connectivity index (χ4n) is 3.00. The molecule has 0 bridgehead atoms. The third-order valence-electron chi connectivity index (χ3n) is 4.30. The number of amides is 2. The topological polar surface area (TPSA) is 92.5 Å². The Bertz CT molecular complexity index is 863. The molecule has 0 unspecified atom stereocenters. The predicted molar refractivity (Wildman–Crippen MR) is 97.0 cm³/mol. The van der Waals surface area contributed by atoms with E-state index in [9.17, 15) is 13.2 Å². The third kappa shape index (κ3) is 4.18. The smallest absolute Gasteiger partial charge is 0.321 e. The molecule has 0 fully saturated rings. The van der Waals surface area contributed by atoms with E-state index < -0.39 is 10.0 Å². The van der Waals surface area contributed by atoms with Gasteiger partial charge in [0.15, 0.2) is 0 Å². The molecule has 0 radical (unpaired) electrons. The summed E-state index contributed by atoms with van der Waals surface area (Å²) in [5, 5.41) is 8.01. The number of urea groups is 1. The van der Waals surface area contributed by atoms with Crippen molar-refractivity contribution in [3.05, 3.63) is 59.7 Å². The number of nitrogens with two attached hydrogens (primary N) is 1. The van der Waals surface area contributed by atoms with Crippen molar-refractivity contribution >= 4 is 21.7 Å². The number of fused-ring (bicyclic) bond motifs is 1. The summed E-state index contributed by atoms with van der Waals surface area (Å²) in [6.07, 6.45) is 2.57. The van der Waals surface area contributed by atoms with E-state index in [1.54, 1.807) is 17.0 Å². The van der Waals surface area contributed by atoms with Gasteiger partial charge in [-0.05, 0) is 48.6 Å². The largest absolute Gasteiger partial charge is 0.337 e. The summed E-state index contributed by atoms with van der Waals surface area (Å²) in [6, 6.07) is 14.2. The SMILES string of the molecule is NS(=O)(=O)c1ccc(CCNC(=O)N2CCCc3ccccc32)cc1. The van der Waals surface area contributed by atoms with Crippen LogP contribution in [0, 0.1) is 0 Å². The second kappa shape index (κ2) is 7.25. The van der Waals surface area contributed by atoms with Crippen LogP contribution < -0.4 is 15.4 Å². The molecule has 25 heavy (non-hydrogen) atoms. The van der Waals surface area contributed by atoms with Crippen molar-refractivity contribution in [3.63, 3.8) is 0 Å². The van der Waals surface area contributed by atoms with Gasteiger partial charge in [-0.15, -0.1) is 0 Å². The Labute approximate surface area is 147 Å². The van der Waals surface area contributed by atoms with Gasteiger partial charge >= 0.3 is 6.03 Å². The van der Waals surface area contributed by atoms with Gasteiger partial charge in [0.25, 0.3) is 0 Å². The highest BCUT2D eigenvalue weighted by Crippen LogP contribution is 2.26. The van der Waals surface area contributed by atoms with E-state index in [1.807, 2.05) is 18.2 Å². The Morgan fingerprint density at radius 1 is 1.12 bits per heavy atom. The number of rotatable bonds is 4. The summed E-state index contributed by atoms with van der Waals surface area (Å²) in [4.78, 5) is 14.3. The molecule has 3 rings (SSSR count). The zero-order valence-corrected chi connectivity index (χ0v) is 14.6. The maximum atomic E-state index is 12.5. The maximum absolute atomic E-state index is 12.5. The number of aryl methyl sites for hydroxylation is 1. The van der Waals surface area contributed by atoms with E-state index in [0.717, 1.165) is 24.1 Å². The molecule has 3 N–H and O–H groups in total. The number of benzene rings is 2. The second-order valence-electron chi connectivity index (χ2n) is 6.05. The standard InChI is InChI=1S/C18H21N3O3S/c19-25(23,24)16-9-7-14(8-10-16)11-12-20-18(22)21-13-3-5-15-4-1-2-6-17(15)21/h1-2,4,6-10H,3,5,11-13H2,(H,20,22)(H2,19,23,24). The fraction of sp³-hybridized carbons (Fsp3) is 0.278. The van der Waals surface area contributed by atoms with Crippen molar-refractivity contribution in [3.8, 4) is 0 Å². The van der Waals surface area contributed by atoms with E-state index in [2.05, 4.69) is 11.4 Å². The van der Waals surface area contributed by atoms with Crippen molar-refractivity contribution in [2.45, 2.75) is 24.2 Å². The molecule has 0 aliphatic carbocycles. The van der Waals surface area contributed by atoms with Crippen LogP contribution in [-0.2, 0) is 22.9 Å². The Morgan fingerprint density at radius 2 is 1.84 bits per heavy atom. The number of anilines is 1. The van der Waals surface area contributed by atoms with Gasteiger partial charge in [-0.1, -0.05) is 30.3 Å². The zero-order valence-electron chi connectivity index (χ0n) is 13.8. The summed E-state index contributed by atoms with van der Waals surface area (Å²) in [7, 11) is -3.67. The number of carbonyl (C=O) groups excluding carboxylic acids is 1. The number of para-hydroxylation sites is 1. The molecule has 0 aromatic heterocycles. The van der Waals surface area contributed by atoms with Gasteiger partial charge < -0.3 is 5.32 Å². The van der Waals surface area contributed by atoms with Crippen molar-refractivity contribution in [1.82, 2.24) is 5.32 Å². The summed E-state index contributed by atoms with van der Waals surface area (Å²) in [5.41, 5.74) is 3.11. The van der Waals surface area contributed by atoms with E-state index in [1.165, 1.54) is 17.7 Å². The zero-order chi connectivity index (χ0) is 17.9. The third-order valence-corrected chi connectivity index (χ3v) is 5.23. The van der Waals surface area contributed by atoms with E-state index in [4.69, 9.17) is 5.14 Å². The van der Waals surface area contributed by atoms with Gasteiger partial charge in [-0.3, -0.25) is 4.90 Å². The molecular weight excluding hydrogens is 338 g/mol. The number of nitrogens with zero attached hydrogens (tertiary/aromatic N) is 1. The van der Waals surface area contributed by atoms with Crippen molar-refractivity contribution in [2.24, 2.45) is 5.14 Å². The molecule has 0 saturated carbocycles. The first kappa shape index (κ1) is 17.4. The van der Waals surface area contributed by atoms with Gasteiger partial charge in [0.1, 0.15) is 0 Å². The number of carbonyl (C=O) groups is 1. The van der Waals surface area contributed by atoms with Crippen molar-refractivity contribution in [2.75, 3.05) is 18.0 Å². The van der Waals surface area contributed by atoms with E-state index >= 15 is 0 Å². The minimum Gasteiger partial charge on any atom is -0.337 e. The van der Waals surface area contributed by atoms with Gasteiger partial charge in [0.05, 0.1) is 4.90 Å². The molecule has 1 heterocycles. The molecule has 0 saturated heterocycles. The highest BCUT2D eigenvalue weighted by Gasteiger charge is 2.21. The van der Waals surface area contributed by atoms with Gasteiger partial charge in [-0.25, -0.2) is 18.4 Å². The summed E-state index contributed by atoms with van der Waals surface area (Å²) in [5.74, 6) is 0. The number of primary sulfonamides is 1. The summed E-state index contributed by atoms with van der Waals surface area (Å²) < 4.78 is 22.5. The molecule has 132 valence electrons. The lowest BCUT2D eigenvalue weighted by molar-refractivity contribution is 0.246. The molecular formula is C18H21N3O3S. The van der Waals surface area contributed by atoms with Crippen LogP contribution in [0.2, 0.25) is 0 Å². The average Bonchev–Trinajstić information content (AvgIpc) is 2.61. The number of hydrogen-bond acceptors (Lipinski definition) is 3. The quantitative estimate of drug-likeness (QED) is 0.875. The van der Waals surface area contributed by atoms with Crippen molar-refractivity contribution in [1.29, 1.82) is 0 Å². The lowest BCUT2D eigenvalue weighted by Crippen LogP contribution is -2.43. The molecule has 1 aliphatic heterocycles. The maximum Gasteiger partial charge on any atom is 0.321 e. The average molecular weight is 359 g/mol. The number of sulfonamides is 1. The molecule has 0 spiro atoms. The first-order chi connectivity index (χ1) is 11.9. The Balaban J connectivity index is 1.57. The van der Waals surface area contributed by atoms with Crippen LogP contribution in [0.15, 0.2) is 53.4 Å². The van der Waals surface area contributed by atoms with Crippen LogP contribution in [0.3, 0.4) is 0 Å². The monoisotopic (exact) mass is 359 g/mol. The Hall–Kier alpha value is -2.38. The van der Waals surface area contributed by atoms with Gasteiger partial charge in [0.2, 0.25) is 10.0 Å². The van der Waals surface area contributed by atoms with E-state index in [0.29, 0.717) is 19.5 Å². The molecule has 2 aromatic carbocycles. The minimum absolute atomic E-state index is 0.0882. The first-order valence-electron chi connectivity index (χ1n) is 8.20. The van der Waals surface area contributed by atoms with Crippen molar-refractivity contribution < 1.29 is 13.2 Å². The molecule has 2 amide bonds. The van der Waals surface area contributed by atoms with E-state index in [-0.39, 0.29) is 10.9 Å². The Morgan fingerprint density at radius 3 is 2.56 bits per heavy atom. The number of hydrogen-bond donors (Lipinski definition) is 2. The molecule has 7 heteroatoms. The normalized spacial score (nSPS) is 14.0. The van der Waals surface area contributed by atoms with Crippen LogP contribution in [0.1, 0.15) is 17.5 Å². The van der Waals surface area contributed by atoms with Crippen LogP contribution in [0.25, 0.3) is 0 Å². The summed E-state index contributed by atoms with van der Waals surface area (Å²) in [6.45, 7) is 1.19. The molecule has 6 nitrogen and oxygen atoms in total. The lowest BCUT2D eigenvalue weighted by Gasteiger charge is -2.29. The van der Waals surface area contributed by atoms with Gasteiger partial charge in [-0.2, -0.15) is 0 Å². The lowest BCUT2D eigenvalue weighted by atomic mass is 10.0.